The summed E-state index contributed by atoms with van der Waals surface area (Å²) in [6.45, 7) is 0. The van der Waals surface area contributed by atoms with Gasteiger partial charge in [-0.2, -0.15) is 13.2 Å². The zero-order chi connectivity index (χ0) is 14.8. The van der Waals surface area contributed by atoms with Gasteiger partial charge in [-0.3, -0.25) is 4.79 Å². The third-order valence-electron chi connectivity index (χ3n) is 2.55. The van der Waals surface area contributed by atoms with Gasteiger partial charge in [0.2, 0.25) is 11.2 Å². The lowest BCUT2D eigenvalue weighted by Crippen LogP contribution is -2.03. The van der Waals surface area contributed by atoms with Crippen LogP contribution in [0, 0.1) is 0 Å². The molecule has 20 heavy (non-hydrogen) atoms. The Hall–Kier alpha value is -2.50. The number of aromatic hydroxyl groups is 1. The second-order valence-corrected chi connectivity index (χ2v) is 3.95. The van der Waals surface area contributed by atoms with Gasteiger partial charge in [0.05, 0.1) is 11.8 Å². The van der Waals surface area contributed by atoms with E-state index in [1.54, 1.807) is 0 Å². The Balaban J connectivity index is 2.24. The van der Waals surface area contributed by atoms with Gasteiger partial charge in [0, 0.05) is 6.07 Å². The second-order valence-electron chi connectivity index (χ2n) is 3.95. The van der Waals surface area contributed by atoms with Crippen LogP contribution in [0.15, 0.2) is 45.8 Å². The van der Waals surface area contributed by atoms with Crippen LogP contribution in [0.25, 0.3) is 12.2 Å². The van der Waals surface area contributed by atoms with E-state index in [0.717, 1.165) is 24.5 Å². The van der Waals surface area contributed by atoms with Crippen molar-refractivity contribution >= 4 is 12.2 Å². The zero-order valence-electron chi connectivity index (χ0n) is 10.0. The molecule has 0 radical (unpaired) electrons. The van der Waals surface area contributed by atoms with E-state index in [1.807, 2.05) is 0 Å². The Morgan fingerprint density at radius 3 is 2.30 bits per heavy atom. The van der Waals surface area contributed by atoms with Crippen molar-refractivity contribution in [2.75, 3.05) is 0 Å². The van der Waals surface area contributed by atoms with Crippen LogP contribution in [-0.4, -0.2) is 5.11 Å². The van der Waals surface area contributed by atoms with Crippen LogP contribution in [0.4, 0.5) is 13.2 Å². The maximum Gasteiger partial charge on any atom is 0.416 e. The Morgan fingerprint density at radius 1 is 1.05 bits per heavy atom. The Kier molecular flexibility index (Phi) is 3.65. The molecule has 1 aromatic carbocycles. The predicted molar refractivity (Wildman–Crippen MR) is 67.0 cm³/mol. The summed E-state index contributed by atoms with van der Waals surface area (Å²) in [6.07, 6.45) is -0.529. The molecule has 0 aliphatic carbocycles. The van der Waals surface area contributed by atoms with Gasteiger partial charge in [0.15, 0.2) is 5.76 Å². The number of hydrogen-bond donors (Lipinski definition) is 1. The fraction of sp³-hybridized carbons (Fsp3) is 0.0714. The number of rotatable bonds is 2. The van der Waals surface area contributed by atoms with Crippen molar-refractivity contribution < 1.29 is 22.7 Å². The highest BCUT2D eigenvalue weighted by molar-refractivity contribution is 5.69. The summed E-state index contributed by atoms with van der Waals surface area (Å²) >= 11 is 0. The van der Waals surface area contributed by atoms with Gasteiger partial charge in [0.1, 0.15) is 0 Å². The quantitative estimate of drug-likeness (QED) is 0.916. The molecule has 0 saturated heterocycles. The molecule has 0 unspecified atom stereocenters. The first-order valence-corrected chi connectivity index (χ1v) is 5.54. The summed E-state index contributed by atoms with van der Waals surface area (Å²) in [5, 5.41) is 9.42. The first kappa shape index (κ1) is 13.9. The minimum atomic E-state index is -4.38. The molecule has 0 aliphatic heterocycles. The molecule has 0 amide bonds. The van der Waals surface area contributed by atoms with E-state index in [2.05, 4.69) is 0 Å². The van der Waals surface area contributed by atoms with Crippen LogP contribution in [-0.2, 0) is 6.18 Å². The fourth-order valence-electron chi connectivity index (χ4n) is 1.50. The average molecular weight is 282 g/mol. The molecule has 1 heterocycles. The normalized spacial score (nSPS) is 11.9. The van der Waals surface area contributed by atoms with Crippen molar-refractivity contribution in [1.82, 2.24) is 0 Å². The molecule has 0 atom stereocenters. The SMILES string of the molecule is O=c1ccoc(/C=C/c2ccc(C(F)(F)F)cc2)c1O. The van der Waals surface area contributed by atoms with Crippen LogP contribution < -0.4 is 5.43 Å². The van der Waals surface area contributed by atoms with Crippen LogP contribution in [0.1, 0.15) is 16.9 Å². The molecular weight excluding hydrogens is 273 g/mol. The van der Waals surface area contributed by atoms with Crippen LogP contribution in [0.5, 0.6) is 5.75 Å². The first-order chi connectivity index (χ1) is 9.38. The van der Waals surface area contributed by atoms with Crippen molar-refractivity contribution in [3.63, 3.8) is 0 Å². The van der Waals surface area contributed by atoms with Gasteiger partial charge >= 0.3 is 6.18 Å². The average Bonchev–Trinajstić information content (AvgIpc) is 2.40. The lowest BCUT2D eigenvalue weighted by Gasteiger charge is -2.05. The van der Waals surface area contributed by atoms with Crippen LogP contribution in [0.3, 0.4) is 0 Å². The third-order valence-corrected chi connectivity index (χ3v) is 2.55. The Labute approximate surface area is 111 Å². The van der Waals surface area contributed by atoms with E-state index in [4.69, 9.17) is 4.42 Å². The molecule has 0 aliphatic rings. The minimum absolute atomic E-state index is 0.0580. The topological polar surface area (TPSA) is 50.4 Å². The number of hydrogen-bond acceptors (Lipinski definition) is 3. The van der Waals surface area contributed by atoms with Gasteiger partial charge in [-0.05, 0) is 23.8 Å². The molecule has 0 fully saturated rings. The molecule has 0 saturated carbocycles. The lowest BCUT2D eigenvalue weighted by molar-refractivity contribution is -0.137. The van der Waals surface area contributed by atoms with Gasteiger partial charge in [-0.25, -0.2) is 0 Å². The number of benzene rings is 1. The molecule has 6 heteroatoms. The second kappa shape index (κ2) is 5.24. The highest BCUT2D eigenvalue weighted by Gasteiger charge is 2.29. The highest BCUT2D eigenvalue weighted by atomic mass is 19.4. The van der Waals surface area contributed by atoms with E-state index in [1.165, 1.54) is 24.3 Å². The maximum atomic E-state index is 12.4. The maximum absolute atomic E-state index is 12.4. The van der Waals surface area contributed by atoms with E-state index < -0.39 is 22.9 Å². The fourth-order valence-corrected chi connectivity index (χ4v) is 1.50. The van der Waals surface area contributed by atoms with Crippen molar-refractivity contribution in [3.8, 4) is 5.75 Å². The Morgan fingerprint density at radius 2 is 1.70 bits per heavy atom. The zero-order valence-corrected chi connectivity index (χ0v) is 10.0. The smallest absolute Gasteiger partial charge is 0.416 e. The number of halogens is 3. The lowest BCUT2D eigenvalue weighted by atomic mass is 10.1. The molecule has 0 spiro atoms. The van der Waals surface area contributed by atoms with Crippen LogP contribution >= 0.6 is 0 Å². The summed E-state index contributed by atoms with van der Waals surface area (Å²) in [5.74, 6) is -0.604. The molecule has 1 aromatic heterocycles. The molecule has 104 valence electrons. The predicted octanol–water partition coefficient (Wildman–Crippen LogP) is 3.53. The summed E-state index contributed by atoms with van der Waals surface area (Å²) in [7, 11) is 0. The monoisotopic (exact) mass is 282 g/mol. The molecule has 2 aromatic rings. The highest BCUT2D eigenvalue weighted by Crippen LogP contribution is 2.29. The molecule has 3 nitrogen and oxygen atoms in total. The van der Waals surface area contributed by atoms with E-state index in [0.29, 0.717) is 5.56 Å². The minimum Gasteiger partial charge on any atom is -0.502 e. The summed E-state index contributed by atoms with van der Waals surface area (Å²) in [4.78, 5) is 11.1. The van der Waals surface area contributed by atoms with Crippen molar-refractivity contribution in [2.24, 2.45) is 0 Å². The molecule has 2 rings (SSSR count). The Bertz CT molecular complexity index is 682. The van der Waals surface area contributed by atoms with Crippen molar-refractivity contribution in [2.45, 2.75) is 6.18 Å². The van der Waals surface area contributed by atoms with E-state index in [9.17, 15) is 23.1 Å². The first-order valence-electron chi connectivity index (χ1n) is 5.54. The third kappa shape index (κ3) is 3.09. The van der Waals surface area contributed by atoms with Gasteiger partial charge in [-0.1, -0.05) is 18.2 Å². The molecule has 1 N–H and O–H groups in total. The van der Waals surface area contributed by atoms with Gasteiger partial charge in [-0.15, -0.1) is 0 Å². The standard InChI is InChI=1S/C14H9F3O3/c15-14(16,17)10-4-1-9(2-5-10)3-6-12-13(19)11(18)7-8-20-12/h1-8,19H/b6-3+. The summed E-state index contributed by atoms with van der Waals surface area (Å²) < 4.78 is 42.0. The van der Waals surface area contributed by atoms with E-state index in [-0.39, 0.29) is 5.76 Å². The van der Waals surface area contributed by atoms with Gasteiger partial charge in [0.25, 0.3) is 0 Å². The van der Waals surface area contributed by atoms with Crippen molar-refractivity contribution in [3.05, 3.63) is 63.7 Å². The van der Waals surface area contributed by atoms with E-state index >= 15 is 0 Å². The van der Waals surface area contributed by atoms with Crippen molar-refractivity contribution in [1.29, 1.82) is 0 Å². The number of alkyl halides is 3. The summed E-state index contributed by atoms with van der Waals surface area (Å²) in [5.41, 5.74) is -0.865. The molecule has 0 bridgehead atoms. The molecular formula is C14H9F3O3. The van der Waals surface area contributed by atoms with Gasteiger partial charge < -0.3 is 9.52 Å². The largest absolute Gasteiger partial charge is 0.502 e. The summed E-state index contributed by atoms with van der Waals surface area (Å²) in [6, 6.07) is 5.50. The van der Waals surface area contributed by atoms with Crippen LogP contribution in [0.2, 0.25) is 0 Å².